The first-order valence-corrected chi connectivity index (χ1v) is 8.93. The van der Waals surface area contributed by atoms with Crippen molar-refractivity contribution in [1.82, 2.24) is 0 Å². The second-order valence-corrected chi connectivity index (χ2v) is 7.94. The van der Waals surface area contributed by atoms with E-state index in [0.29, 0.717) is 0 Å². The van der Waals surface area contributed by atoms with E-state index in [-0.39, 0.29) is 12.0 Å². The molecule has 0 amide bonds. The predicted octanol–water partition coefficient (Wildman–Crippen LogP) is 5.33. The number of halogens is 3. The lowest BCUT2D eigenvalue weighted by molar-refractivity contribution is 0.0944. The summed E-state index contributed by atoms with van der Waals surface area (Å²) in [7, 11) is 0. The van der Waals surface area contributed by atoms with Crippen LogP contribution in [0.4, 0.5) is 5.69 Å². The van der Waals surface area contributed by atoms with E-state index in [1.54, 1.807) is 0 Å². The van der Waals surface area contributed by atoms with Crippen LogP contribution in [0.15, 0.2) is 25.6 Å². The summed E-state index contributed by atoms with van der Waals surface area (Å²) in [5.74, 6) is 0. The third-order valence-corrected chi connectivity index (χ3v) is 5.61. The van der Waals surface area contributed by atoms with Crippen LogP contribution in [0.1, 0.15) is 32.1 Å². The third-order valence-electron chi connectivity index (χ3n) is 3.90. The van der Waals surface area contributed by atoms with Gasteiger partial charge in [0.2, 0.25) is 0 Å². The lowest BCUT2D eigenvalue weighted by atomic mass is 9.74. The molecule has 0 aromatic heterocycles. The first kappa shape index (κ1) is 15.8. The van der Waals surface area contributed by atoms with E-state index in [2.05, 4.69) is 53.1 Å². The zero-order valence-electron chi connectivity index (χ0n) is 10.7. The Morgan fingerprint density at radius 3 is 2.16 bits per heavy atom. The van der Waals surface area contributed by atoms with Gasteiger partial charge in [-0.3, -0.25) is 0 Å². The topological polar surface area (TPSA) is 32.3 Å². The molecule has 2 nitrogen and oxygen atoms in total. The number of benzene rings is 1. The molecule has 19 heavy (non-hydrogen) atoms. The normalized spacial score (nSPS) is 18.3. The van der Waals surface area contributed by atoms with Crippen molar-refractivity contribution in [2.45, 2.75) is 32.1 Å². The summed E-state index contributed by atoms with van der Waals surface area (Å²) in [6.07, 6.45) is 5.98. The third kappa shape index (κ3) is 3.96. The van der Waals surface area contributed by atoms with Crippen molar-refractivity contribution in [2.75, 3.05) is 18.5 Å². The van der Waals surface area contributed by atoms with Crippen LogP contribution in [0.2, 0.25) is 0 Å². The summed E-state index contributed by atoms with van der Waals surface area (Å²) >= 11 is 10.6. The van der Waals surface area contributed by atoms with E-state index in [0.717, 1.165) is 38.5 Å². The average Bonchev–Trinajstić information content (AvgIpc) is 2.38. The Bertz CT molecular complexity index is 421. The highest BCUT2D eigenvalue weighted by molar-refractivity contribution is 9.11. The molecule has 1 aromatic carbocycles. The zero-order chi connectivity index (χ0) is 13.9. The van der Waals surface area contributed by atoms with Crippen molar-refractivity contribution >= 4 is 53.5 Å². The van der Waals surface area contributed by atoms with Gasteiger partial charge in [0.05, 0.1) is 12.3 Å². The van der Waals surface area contributed by atoms with Crippen LogP contribution in [-0.2, 0) is 0 Å². The van der Waals surface area contributed by atoms with Crippen LogP contribution >= 0.6 is 47.8 Å². The summed E-state index contributed by atoms with van der Waals surface area (Å²) in [6, 6.07) is 4.05. The number of nitrogens with one attached hydrogen (secondary N) is 1. The fourth-order valence-electron chi connectivity index (χ4n) is 2.68. The van der Waals surface area contributed by atoms with Crippen LogP contribution in [0, 0.1) is 5.41 Å². The molecule has 0 aliphatic heterocycles. The molecule has 0 radical (unpaired) electrons. The van der Waals surface area contributed by atoms with Gasteiger partial charge in [0.25, 0.3) is 0 Å². The molecule has 0 bridgehead atoms. The molecule has 1 saturated carbocycles. The van der Waals surface area contributed by atoms with Crippen molar-refractivity contribution in [1.29, 1.82) is 0 Å². The van der Waals surface area contributed by atoms with Gasteiger partial charge in [0.1, 0.15) is 0 Å². The van der Waals surface area contributed by atoms with E-state index in [1.165, 1.54) is 19.3 Å². The lowest BCUT2D eigenvalue weighted by Gasteiger charge is -2.36. The van der Waals surface area contributed by atoms with E-state index in [4.69, 9.17) is 0 Å². The van der Waals surface area contributed by atoms with E-state index in [9.17, 15) is 5.11 Å². The number of rotatable bonds is 4. The standard InChI is InChI=1S/C14H18Br3NO/c15-10-6-11(16)13(12(17)7-10)18-8-14(9-19)4-2-1-3-5-14/h6-7,18-19H,1-5,8-9H2. The Balaban J connectivity index is 2.09. The van der Waals surface area contributed by atoms with Gasteiger partial charge in [-0.25, -0.2) is 0 Å². The van der Waals surface area contributed by atoms with Crippen LogP contribution in [-0.4, -0.2) is 18.3 Å². The number of aliphatic hydroxyl groups excluding tert-OH is 1. The Kier molecular flexibility index (Phi) is 5.76. The van der Waals surface area contributed by atoms with Crippen LogP contribution < -0.4 is 5.32 Å². The van der Waals surface area contributed by atoms with Gasteiger partial charge in [-0.15, -0.1) is 0 Å². The van der Waals surface area contributed by atoms with Crippen molar-refractivity contribution in [3.8, 4) is 0 Å². The molecule has 106 valence electrons. The Labute approximate surface area is 139 Å². The van der Waals surface area contributed by atoms with Crippen molar-refractivity contribution in [3.05, 3.63) is 25.6 Å². The molecule has 2 N–H and O–H groups in total. The molecule has 0 spiro atoms. The SMILES string of the molecule is OCC1(CNc2c(Br)cc(Br)cc2Br)CCCCC1. The summed E-state index contributed by atoms with van der Waals surface area (Å²) < 4.78 is 3.08. The Morgan fingerprint density at radius 2 is 1.63 bits per heavy atom. The van der Waals surface area contributed by atoms with Crippen molar-refractivity contribution in [2.24, 2.45) is 5.41 Å². The molecule has 0 atom stereocenters. The van der Waals surface area contributed by atoms with Gasteiger partial charge in [0, 0.05) is 25.4 Å². The van der Waals surface area contributed by atoms with Crippen LogP contribution in [0.5, 0.6) is 0 Å². The molecule has 5 heteroatoms. The highest BCUT2D eigenvalue weighted by Gasteiger charge is 2.31. The molecule has 1 fully saturated rings. The molecule has 0 saturated heterocycles. The maximum absolute atomic E-state index is 9.73. The van der Waals surface area contributed by atoms with Crippen molar-refractivity contribution in [3.63, 3.8) is 0 Å². The molecular weight excluding hydrogens is 438 g/mol. The van der Waals surface area contributed by atoms with E-state index in [1.807, 2.05) is 12.1 Å². The van der Waals surface area contributed by atoms with E-state index >= 15 is 0 Å². The number of anilines is 1. The minimum atomic E-state index is 0.0458. The minimum Gasteiger partial charge on any atom is -0.396 e. The summed E-state index contributed by atoms with van der Waals surface area (Å²) in [5, 5.41) is 13.2. The van der Waals surface area contributed by atoms with Crippen LogP contribution in [0.3, 0.4) is 0 Å². The molecule has 1 aliphatic carbocycles. The number of aliphatic hydroxyl groups is 1. The average molecular weight is 456 g/mol. The maximum atomic E-state index is 9.73. The van der Waals surface area contributed by atoms with Gasteiger partial charge in [-0.05, 0) is 56.8 Å². The largest absolute Gasteiger partial charge is 0.396 e. The molecule has 1 aromatic rings. The van der Waals surface area contributed by atoms with Gasteiger partial charge in [0.15, 0.2) is 0 Å². The predicted molar refractivity (Wildman–Crippen MR) is 90.6 cm³/mol. The maximum Gasteiger partial charge on any atom is 0.0630 e. The Morgan fingerprint density at radius 1 is 1.05 bits per heavy atom. The summed E-state index contributed by atoms with van der Waals surface area (Å²) in [6.45, 7) is 1.09. The van der Waals surface area contributed by atoms with Gasteiger partial charge in [-0.1, -0.05) is 35.2 Å². The quantitative estimate of drug-likeness (QED) is 0.643. The Hall–Kier alpha value is 0.420. The van der Waals surface area contributed by atoms with Gasteiger partial charge >= 0.3 is 0 Å². The zero-order valence-corrected chi connectivity index (χ0v) is 15.4. The summed E-state index contributed by atoms with van der Waals surface area (Å²) in [5.41, 5.74) is 1.10. The monoisotopic (exact) mass is 453 g/mol. The number of hydrogen-bond acceptors (Lipinski definition) is 2. The smallest absolute Gasteiger partial charge is 0.0630 e. The molecule has 0 unspecified atom stereocenters. The fraction of sp³-hybridized carbons (Fsp3) is 0.571. The highest BCUT2D eigenvalue weighted by atomic mass is 79.9. The molecular formula is C14H18Br3NO. The fourth-order valence-corrected chi connectivity index (χ4v) is 5.22. The van der Waals surface area contributed by atoms with Gasteiger partial charge in [-0.2, -0.15) is 0 Å². The molecule has 1 aliphatic rings. The van der Waals surface area contributed by atoms with Crippen LogP contribution in [0.25, 0.3) is 0 Å². The number of hydrogen-bond donors (Lipinski definition) is 2. The second-order valence-electron chi connectivity index (χ2n) is 5.32. The lowest BCUT2D eigenvalue weighted by Crippen LogP contribution is -2.35. The summed E-state index contributed by atoms with van der Waals surface area (Å²) in [4.78, 5) is 0. The molecule has 0 heterocycles. The molecule has 2 rings (SSSR count). The van der Waals surface area contributed by atoms with E-state index < -0.39 is 0 Å². The highest BCUT2D eigenvalue weighted by Crippen LogP contribution is 2.39. The first-order chi connectivity index (χ1) is 9.06. The van der Waals surface area contributed by atoms with Gasteiger partial charge < -0.3 is 10.4 Å². The van der Waals surface area contributed by atoms with Crippen molar-refractivity contribution < 1.29 is 5.11 Å². The second kappa shape index (κ2) is 6.92. The first-order valence-electron chi connectivity index (χ1n) is 6.56. The minimum absolute atomic E-state index is 0.0458.